The van der Waals surface area contributed by atoms with Gasteiger partial charge in [-0.1, -0.05) is 24.3 Å². The van der Waals surface area contributed by atoms with Crippen molar-refractivity contribution < 1.29 is 14.9 Å². The van der Waals surface area contributed by atoms with Crippen LogP contribution in [0.1, 0.15) is 39.5 Å². The normalized spacial score (nSPS) is 14.4. The summed E-state index contributed by atoms with van der Waals surface area (Å²) in [5.41, 5.74) is 1.93. The molecule has 0 aromatic rings. The summed E-state index contributed by atoms with van der Waals surface area (Å²) in [6.07, 6.45) is 2.88. The van der Waals surface area contributed by atoms with Gasteiger partial charge in [0.15, 0.2) is 0 Å². The Morgan fingerprint density at radius 3 is 1.53 bits per heavy atom. The van der Waals surface area contributed by atoms with Crippen molar-refractivity contribution in [1.82, 2.24) is 0 Å². The first-order valence-electron chi connectivity index (χ1n) is 6.20. The molecule has 0 bridgehead atoms. The molecule has 0 aromatic heterocycles. The van der Waals surface area contributed by atoms with Crippen molar-refractivity contribution in [2.75, 3.05) is 13.2 Å². The Bertz CT molecular complexity index is 212. The third-order valence-corrected chi connectivity index (χ3v) is 2.68. The van der Waals surface area contributed by atoms with Crippen LogP contribution in [0.5, 0.6) is 0 Å². The van der Waals surface area contributed by atoms with Crippen LogP contribution in [0.2, 0.25) is 0 Å². The van der Waals surface area contributed by atoms with Crippen molar-refractivity contribution in [3.05, 3.63) is 24.3 Å². The molecule has 0 aliphatic heterocycles. The van der Waals surface area contributed by atoms with Gasteiger partial charge in [0.25, 0.3) is 0 Å². The Balaban J connectivity index is 4.34. The lowest BCUT2D eigenvalue weighted by atomic mass is 10.0. The second-order valence-corrected chi connectivity index (χ2v) is 4.54. The van der Waals surface area contributed by atoms with Gasteiger partial charge in [0.2, 0.25) is 0 Å². The molecule has 0 amide bonds. The molecule has 0 saturated carbocycles. The van der Waals surface area contributed by atoms with Crippen LogP contribution in [0.15, 0.2) is 24.3 Å². The summed E-state index contributed by atoms with van der Waals surface area (Å²) in [7, 11) is 0. The van der Waals surface area contributed by atoms with E-state index in [4.69, 9.17) is 14.9 Å². The summed E-state index contributed by atoms with van der Waals surface area (Å²) in [5.74, 6) is 0. The van der Waals surface area contributed by atoms with E-state index in [1.807, 2.05) is 13.8 Å². The van der Waals surface area contributed by atoms with Crippen LogP contribution in [-0.4, -0.2) is 35.6 Å². The molecule has 0 saturated heterocycles. The maximum atomic E-state index is 8.85. The Kier molecular flexibility index (Phi) is 9.04. The van der Waals surface area contributed by atoms with Crippen LogP contribution >= 0.6 is 0 Å². The second-order valence-electron chi connectivity index (χ2n) is 4.54. The molecule has 2 unspecified atom stereocenters. The zero-order valence-corrected chi connectivity index (χ0v) is 11.1. The molecule has 17 heavy (non-hydrogen) atoms. The molecule has 0 rings (SSSR count). The predicted octanol–water partition coefficient (Wildman–Crippen LogP) is 2.44. The average Bonchev–Trinajstić information content (AvgIpc) is 2.27. The highest BCUT2D eigenvalue weighted by atomic mass is 16.5. The number of hydrogen-bond donors (Lipinski definition) is 2. The topological polar surface area (TPSA) is 49.7 Å². The maximum absolute atomic E-state index is 8.85. The van der Waals surface area contributed by atoms with Gasteiger partial charge < -0.3 is 14.9 Å². The molecule has 2 atom stereocenters. The van der Waals surface area contributed by atoms with Gasteiger partial charge in [-0.3, -0.25) is 0 Å². The predicted molar refractivity (Wildman–Crippen MR) is 70.9 cm³/mol. The smallest absolute Gasteiger partial charge is 0.0788 e. The summed E-state index contributed by atoms with van der Waals surface area (Å²) >= 11 is 0. The molecule has 0 heterocycles. The lowest BCUT2D eigenvalue weighted by Crippen LogP contribution is -2.24. The summed E-state index contributed by atoms with van der Waals surface area (Å²) in [6, 6.07) is 0. The Hall–Kier alpha value is -0.640. The van der Waals surface area contributed by atoms with Gasteiger partial charge in [0.05, 0.1) is 12.2 Å². The van der Waals surface area contributed by atoms with Crippen LogP contribution in [0.3, 0.4) is 0 Å². The molecular weight excluding hydrogens is 216 g/mol. The second kappa shape index (κ2) is 9.40. The minimum Gasteiger partial charge on any atom is -0.396 e. The third kappa shape index (κ3) is 7.31. The van der Waals surface area contributed by atoms with Gasteiger partial charge in [-0.2, -0.15) is 0 Å². The highest BCUT2D eigenvalue weighted by Crippen LogP contribution is 2.19. The third-order valence-electron chi connectivity index (χ3n) is 2.68. The summed E-state index contributed by atoms with van der Waals surface area (Å²) in [6.45, 7) is 12.0. The minimum atomic E-state index is -0.0393. The number of hydrogen-bond acceptors (Lipinski definition) is 3. The van der Waals surface area contributed by atoms with E-state index in [0.29, 0.717) is 12.8 Å². The molecule has 3 nitrogen and oxygen atoms in total. The fourth-order valence-corrected chi connectivity index (χ4v) is 1.61. The van der Waals surface area contributed by atoms with Crippen LogP contribution in [0.4, 0.5) is 0 Å². The Morgan fingerprint density at radius 2 is 1.29 bits per heavy atom. The zero-order chi connectivity index (χ0) is 13.3. The van der Waals surface area contributed by atoms with E-state index in [0.717, 1.165) is 24.0 Å². The SMILES string of the molecule is C=C(C)C(CCCO)OC(CCCO)C(=C)C. The lowest BCUT2D eigenvalue weighted by molar-refractivity contribution is 0.0136. The van der Waals surface area contributed by atoms with E-state index < -0.39 is 0 Å². The highest BCUT2D eigenvalue weighted by molar-refractivity contribution is 5.03. The molecule has 3 heteroatoms. The standard InChI is InChI=1S/C14H26O3/c1-11(2)13(7-5-9-15)17-14(12(3)4)8-6-10-16/h13-16H,1,3,5-10H2,2,4H3. The van der Waals surface area contributed by atoms with Gasteiger partial charge >= 0.3 is 0 Å². The van der Waals surface area contributed by atoms with Crippen molar-refractivity contribution in [3.63, 3.8) is 0 Å². The number of aliphatic hydroxyl groups excluding tert-OH is 2. The van der Waals surface area contributed by atoms with E-state index in [-0.39, 0.29) is 25.4 Å². The van der Waals surface area contributed by atoms with E-state index in [1.54, 1.807) is 0 Å². The Labute approximate surface area is 105 Å². The highest BCUT2D eigenvalue weighted by Gasteiger charge is 2.17. The molecule has 0 fully saturated rings. The first kappa shape index (κ1) is 16.4. The van der Waals surface area contributed by atoms with E-state index >= 15 is 0 Å². The van der Waals surface area contributed by atoms with Crippen molar-refractivity contribution in [2.45, 2.75) is 51.7 Å². The molecular formula is C14H26O3. The zero-order valence-electron chi connectivity index (χ0n) is 11.1. The molecule has 0 aliphatic rings. The van der Waals surface area contributed by atoms with Crippen LogP contribution in [-0.2, 0) is 4.74 Å². The van der Waals surface area contributed by atoms with E-state index in [9.17, 15) is 0 Å². The first-order chi connectivity index (χ1) is 8.02. The number of ether oxygens (including phenoxy) is 1. The fourth-order valence-electron chi connectivity index (χ4n) is 1.61. The average molecular weight is 242 g/mol. The van der Waals surface area contributed by atoms with Crippen molar-refractivity contribution in [3.8, 4) is 0 Å². The summed E-state index contributed by atoms with van der Waals surface area (Å²) < 4.78 is 5.96. The minimum absolute atomic E-state index is 0.0393. The number of aliphatic hydroxyl groups is 2. The molecule has 100 valence electrons. The summed E-state index contributed by atoms with van der Waals surface area (Å²) in [4.78, 5) is 0. The molecule has 0 radical (unpaired) electrons. The van der Waals surface area contributed by atoms with Gasteiger partial charge in [-0.25, -0.2) is 0 Å². The molecule has 0 spiro atoms. The van der Waals surface area contributed by atoms with Gasteiger partial charge in [0.1, 0.15) is 0 Å². The summed E-state index contributed by atoms with van der Waals surface area (Å²) in [5, 5.41) is 17.7. The van der Waals surface area contributed by atoms with E-state index in [2.05, 4.69) is 13.2 Å². The monoisotopic (exact) mass is 242 g/mol. The maximum Gasteiger partial charge on any atom is 0.0788 e. The molecule has 0 aliphatic carbocycles. The molecule has 2 N–H and O–H groups in total. The Morgan fingerprint density at radius 1 is 0.941 bits per heavy atom. The van der Waals surface area contributed by atoms with Crippen molar-refractivity contribution >= 4 is 0 Å². The quantitative estimate of drug-likeness (QED) is 0.578. The van der Waals surface area contributed by atoms with Gasteiger partial charge in [0, 0.05) is 13.2 Å². The largest absolute Gasteiger partial charge is 0.396 e. The fraction of sp³-hybridized carbons (Fsp3) is 0.714. The van der Waals surface area contributed by atoms with Crippen LogP contribution in [0, 0.1) is 0 Å². The van der Waals surface area contributed by atoms with Crippen molar-refractivity contribution in [2.24, 2.45) is 0 Å². The van der Waals surface area contributed by atoms with Crippen LogP contribution < -0.4 is 0 Å². The van der Waals surface area contributed by atoms with Crippen LogP contribution in [0.25, 0.3) is 0 Å². The van der Waals surface area contributed by atoms with E-state index in [1.165, 1.54) is 0 Å². The van der Waals surface area contributed by atoms with Gasteiger partial charge in [-0.05, 0) is 39.5 Å². The number of rotatable bonds is 10. The van der Waals surface area contributed by atoms with Crippen molar-refractivity contribution in [1.29, 1.82) is 0 Å². The van der Waals surface area contributed by atoms with Gasteiger partial charge in [-0.15, -0.1) is 0 Å². The molecule has 0 aromatic carbocycles. The lowest BCUT2D eigenvalue weighted by Gasteiger charge is -2.25. The first-order valence-corrected chi connectivity index (χ1v) is 6.20.